The van der Waals surface area contributed by atoms with Crippen LogP contribution in [0, 0.1) is 5.82 Å². The molecule has 100 valence electrons. The van der Waals surface area contributed by atoms with Crippen LogP contribution >= 0.6 is 15.9 Å². The Hall–Kier alpha value is -1.69. The summed E-state index contributed by atoms with van der Waals surface area (Å²) in [6, 6.07) is 4.18. The fraction of sp³-hybridized carbons (Fsp3) is 0.231. The van der Waals surface area contributed by atoms with Crippen molar-refractivity contribution in [3.8, 4) is 0 Å². The Bertz CT molecular complexity index is 597. The standard InChI is InChI=1S/C13H13BrFN3O/c1-18-7-6-16-12(18)4-5-17-13(19)9-2-3-11(15)10(14)8-9/h2-3,6-8H,4-5H2,1H3,(H,17,19). The van der Waals surface area contributed by atoms with Crippen molar-refractivity contribution in [2.24, 2.45) is 7.05 Å². The van der Waals surface area contributed by atoms with Crippen LogP contribution in [0.5, 0.6) is 0 Å². The topological polar surface area (TPSA) is 46.9 Å². The van der Waals surface area contributed by atoms with Crippen LogP contribution in [0.15, 0.2) is 35.1 Å². The molecule has 19 heavy (non-hydrogen) atoms. The molecule has 0 saturated heterocycles. The highest BCUT2D eigenvalue weighted by Crippen LogP contribution is 2.16. The normalized spacial score (nSPS) is 10.5. The number of nitrogens with zero attached hydrogens (tertiary/aromatic N) is 2. The molecular formula is C13H13BrFN3O. The van der Waals surface area contributed by atoms with Gasteiger partial charge in [0, 0.05) is 38.0 Å². The number of hydrogen-bond donors (Lipinski definition) is 1. The molecule has 0 radical (unpaired) electrons. The van der Waals surface area contributed by atoms with Gasteiger partial charge in [0.2, 0.25) is 0 Å². The van der Waals surface area contributed by atoms with Gasteiger partial charge in [0.05, 0.1) is 4.47 Å². The van der Waals surface area contributed by atoms with Gasteiger partial charge in [-0.25, -0.2) is 9.37 Å². The first-order valence-electron chi connectivity index (χ1n) is 5.77. The third-order valence-corrected chi connectivity index (χ3v) is 3.34. The van der Waals surface area contributed by atoms with Crippen LogP contribution in [0.2, 0.25) is 0 Å². The number of hydrogen-bond acceptors (Lipinski definition) is 2. The maximum Gasteiger partial charge on any atom is 0.251 e. The third-order valence-electron chi connectivity index (χ3n) is 2.74. The molecule has 1 aromatic carbocycles. The Kier molecular flexibility index (Phi) is 4.31. The number of imidazole rings is 1. The zero-order valence-corrected chi connectivity index (χ0v) is 11.9. The summed E-state index contributed by atoms with van der Waals surface area (Å²) in [4.78, 5) is 16.0. The van der Waals surface area contributed by atoms with Crippen LogP contribution in [0.1, 0.15) is 16.2 Å². The van der Waals surface area contributed by atoms with Gasteiger partial charge in [0.25, 0.3) is 5.91 Å². The first kappa shape index (κ1) is 13.7. The minimum atomic E-state index is -0.385. The molecule has 0 saturated carbocycles. The van der Waals surface area contributed by atoms with Gasteiger partial charge < -0.3 is 9.88 Å². The van der Waals surface area contributed by atoms with Crippen molar-refractivity contribution in [3.63, 3.8) is 0 Å². The van der Waals surface area contributed by atoms with Crippen molar-refractivity contribution in [2.45, 2.75) is 6.42 Å². The van der Waals surface area contributed by atoms with E-state index in [9.17, 15) is 9.18 Å². The fourth-order valence-corrected chi connectivity index (χ4v) is 2.04. The molecule has 0 unspecified atom stereocenters. The van der Waals surface area contributed by atoms with Crippen LogP contribution in [0.25, 0.3) is 0 Å². The highest BCUT2D eigenvalue weighted by atomic mass is 79.9. The van der Waals surface area contributed by atoms with E-state index in [2.05, 4.69) is 26.2 Å². The lowest BCUT2D eigenvalue weighted by molar-refractivity contribution is 0.0954. The number of nitrogens with one attached hydrogen (secondary N) is 1. The predicted molar refractivity (Wildman–Crippen MR) is 73.3 cm³/mol. The summed E-state index contributed by atoms with van der Waals surface area (Å²) in [5.41, 5.74) is 0.424. The van der Waals surface area contributed by atoms with Crippen molar-refractivity contribution in [2.75, 3.05) is 6.54 Å². The average molecular weight is 326 g/mol. The molecule has 0 aliphatic carbocycles. The number of amides is 1. The zero-order valence-electron chi connectivity index (χ0n) is 10.4. The lowest BCUT2D eigenvalue weighted by Crippen LogP contribution is -2.26. The van der Waals surface area contributed by atoms with Crippen molar-refractivity contribution < 1.29 is 9.18 Å². The van der Waals surface area contributed by atoms with E-state index in [0.717, 1.165) is 5.82 Å². The summed E-state index contributed by atoms with van der Waals surface area (Å²) in [7, 11) is 1.90. The molecule has 1 heterocycles. The monoisotopic (exact) mass is 325 g/mol. The van der Waals surface area contributed by atoms with Crippen molar-refractivity contribution in [1.29, 1.82) is 0 Å². The Morgan fingerprint density at radius 1 is 1.53 bits per heavy atom. The minimum Gasteiger partial charge on any atom is -0.352 e. The highest BCUT2D eigenvalue weighted by Gasteiger charge is 2.08. The average Bonchev–Trinajstić information content (AvgIpc) is 2.78. The highest BCUT2D eigenvalue weighted by molar-refractivity contribution is 9.10. The maximum absolute atomic E-state index is 13.1. The quantitative estimate of drug-likeness (QED) is 0.937. The number of benzene rings is 1. The number of halogens is 2. The third kappa shape index (κ3) is 3.41. The smallest absolute Gasteiger partial charge is 0.251 e. The number of rotatable bonds is 4. The zero-order chi connectivity index (χ0) is 13.8. The van der Waals surface area contributed by atoms with Crippen molar-refractivity contribution in [3.05, 3.63) is 52.3 Å². The van der Waals surface area contributed by atoms with E-state index in [1.165, 1.54) is 18.2 Å². The molecule has 0 fully saturated rings. The number of aryl methyl sites for hydroxylation is 1. The van der Waals surface area contributed by atoms with Crippen molar-refractivity contribution >= 4 is 21.8 Å². The molecule has 6 heteroatoms. The number of aromatic nitrogens is 2. The van der Waals surface area contributed by atoms with Gasteiger partial charge in [0.15, 0.2) is 0 Å². The van der Waals surface area contributed by atoms with Crippen LogP contribution in [0.3, 0.4) is 0 Å². The van der Waals surface area contributed by atoms with Crippen LogP contribution in [-0.4, -0.2) is 22.0 Å². The lowest BCUT2D eigenvalue weighted by atomic mass is 10.2. The molecule has 1 amide bonds. The van der Waals surface area contributed by atoms with Gasteiger partial charge in [-0.2, -0.15) is 0 Å². The van der Waals surface area contributed by atoms with Crippen LogP contribution in [-0.2, 0) is 13.5 Å². The largest absolute Gasteiger partial charge is 0.352 e. The van der Waals surface area contributed by atoms with Crippen LogP contribution in [0.4, 0.5) is 4.39 Å². The van der Waals surface area contributed by atoms with Gasteiger partial charge in [-0.05, 0) is 34.1 Å². The minimum absolute atomic E-state index is 0.227. The second-order valence-corrected chi connectivity index (χ2v) is 4.94. The Morgan fingerprint density at radius 3 is 2.95 bits per heavy atom. The van der Waals surface area contributed by atoms with E-state index < -0.39 is 0 Å². The number of carbonyl (C=O) groups is 1. The SMILES string of the molecule is Cn1ccnc1CCNC(=O)c1ccc(F)c(Br)c1. The summed E-state index contributed by atoms with van der Waals surface area (Å²) in [6.45, 7) is 0.485. The molecule has 0 bridgehead atoms. The first-order valence-corrected chi connectivity index (χ1v) is 6.56. The molecule has 2 rings (SSSR count). The van der Waals surface area contributed by atoms with Gasteiger partial charge in [-0.15, -0.1) is 0 Å². The van der Waals surface area contributed by atoms with E-state index in [1.807, 2.05) is 17.8 Å². The molecule has 4 nitrogen and oxygen atoms in total. The number of carbonyl (C=O) groups excluding carboxylic acids is 1. The molecule has 1 aromatic heterocycles. The molecule has 0 atom stereocenters. The molecule has 0 aliphatic rings. The van der Waals surface area contributed by atoms with Crippen LogP contribution < -0.4 is 5.32 Å². The van der Waals surface area contributed by atoms with Gasteiger partial charge in [-0.1, -0.05) is 0 Å². The first-order chi connectivity index (χ1) is 9.08. The van der Waals surface area contributed by atoms with E-state index in [0.29, 0.717) is 18.5 Å². The van der Waals surface area contributed by atoms with E-state index >= 15 is 0 Å². The molecular weight excluding hydrogens is 313 g/mol. The van der Waals surface area contributed by atoms with E-state index in [-0.39, 0.29) is 16.2 Å². The van der Waals surface area contributed by atoms with Gasteiger partial charge in [0.1, 0.15) is 11.6 Å². The second kappa shape index (κ2) is 5.97. The predicted octanol–water partition coefficient (Wildman–Crippen LogP) is 2.29. The molecule has 0 aliphatic heterocycles. The lowest BCUT2D eigenvalue weighted by Gasteiger charge is -2.06. The Balaban J connectivity index is 1.91. The maximum atomic E-state index is 13.1. The van der Waals surface area contributed by atoms with Crippen molar-refractivity contribution in [1.82, 2.24) is 14.9 Å². The summed E-state index contributed by atoms with van der Waals surface area (Å²) >= 11 is 3.06. The van der Waals surface area contributed by atoms with Gasteiger partial charge in [-0.3, -0.25) is 4.79 Å². The fourth-order valence-electron chi connectivity index (χ4n) is 1.66. The Morgan fingerprint density at radius 2 is 2.32 bits per heavy atom. The summed E-state index contributed by atoms with van der Waals surface area (Å²) < 4.78 is 15.2. The van der Waals surface area contributed by atoms with Gasteiger partial charge >= 0.3 is 0 Å². The van der Waals surface area contributed by atoms with E-state index in [4.69, 9.17) is 0 Å². The summed E-state index contributed by atoms with van der Waals surface area (Å²) in [5.74, 6) is 0.292. The second-order valence-electron chi connectivity index (χ2n) is 4.09. The molecule has 2 aromatic rings. The summed E-state index contributed by atoms with van der Waals surface area (Å²) in [5, 5.41) is 2.78. The molecule has 1 N–H and O–H groups in total. The summed E-state index contributed by atoms with van der Waals surface area (Å²) in [6.07, 6.45) is 4.22. The van der Waals surface area contributed by atoms with E-state index in [1.54, 1.807) is 6.20 Å². The molecule has 0 spiro atoms. The Labute approximate surface area is 118 Å².